The van der Waals surface area contributed by atoms with Crippen molar-refractivity contribution in [2.24, 2.45) is 0 Å². The molecule has 0 aliphatic rings. The van der Waals surface area contributed by atoms with E-state index in [0.29, 0.717) is 0 Å². The number of carbonyl (C=O) groups is 1. The Balaban J connectivity index is 4.15. The molecule has 1 nitrogen and oxygen atoms in total. The van der Waals surface area contributed by atoms with Crippen LogP contribution in [-0.4, -0.2) is 18.1 Å². The molecule has 0 aliphatic heterocycles. The zero-order valence-electron chi connectivity index (χ0n) is 6.91. The molecule has 74 valence electrons. The minimum absolute atomic E-state index is 0.113. The summed E-state index contributed by atoms with van der Waals surface area (Å²) >= 11 is 0. The molecule has 0 bridgehead atoms. The second-order valence-corrected chi connectivity index (χ2v) is 2.27. The van der Waals surface area contributed by atoms with E-state index < -0.39 is 24.6 Å². The van der Waals surface area contributed by atoms with Gasteiger partial charge in [-0.2, -0.15) is 8.78 Å². The number of carbonyl (C=O) groups excluding carboxylic acids is 1. The number of hydrogen-bond acceptors (Lipinski definition) is 1. The van der Waals surface area contributed by atoms with E-state index in [1.807, 2.05) is 0 Å². The fourth-order valence-corrected chi connectivity index (χ4v) is 0.589. The van der Waals surface area contributed by atoms with Gasteiger partial charge in [-0.3, -0.25) is 4.79 Å². The maximum Gasteiger partial charge on any atom is 0.364 e. The van der Waals surface area contributed by atoms with Crippen LogP contribution in [0.2, 0.25) is 0 Å². The molecule has 0 aromatic carbocycles. The number of ketones is 1. The minimum atomic E-state index is -4.53. The average molecular weight is 196 g/mol. The van der Waals surface area contributed by atoms with Crippen LogP contribution in [0.15, 0.2) is 0 Å². The van der Waals surface area contributed by atoms with Crippen molar-refractivity contribution in [1.82, 2.24) is 0 Å². The summed E-state index contributed by atoms with van der Waals surface area (Å²) in [6, 6.07) is 0. The molecule has 0 fully saturated rings. The lowest BCUT2D eigenvalue weighted by atomic mass is 10.1. The molecule has 0 aliphatic carbocycles. The van der Waals surface area contributed by atoms with Gasteiger partial charge in [0.05, 0.1) is 0 Å². The van der Waals surface area contributed by atoms with Crippen LogP contribution >= 0.6 is 0 Å². The van der Waals surface area contributed by atoms with Gasteiger partial charge >= 0.3 is 12.3 Å². The maximum absolute atomic E-state index is 12.2. The second kappa shape index (κ2) is 4.85. The van der Waals surface area contributed by atoms with Crippen LogP contribution in [-0.2, 0) is 4.79 Å². The van der Waals surface area contributed by atoms with Crippen LogP contribution in [0.25, 0.3) is 0 Å². The molecule has 0 saturated carbocycles. The normalized spacial score (nSPS) is 10.9. The largest absolute Gasteiger partial charge is 0.364 e. The molecule has 0 rings (SSSR count). The Labute approximate surface area is 73.1 Å². The third kappa shape index (κ3) is 3.45. The number of Topliss-reactive ketones (excluding diaryl/α,β-unsaturated/α-hetero) is 1. The Kier molecular flexibility index (Phi) is 4.46. The van der Waals surface area contributed by atoms with Crippen molar-refractivity contribution in [1.29, 1.82) is 0 Å². The smallest absolute Gasteiger partial charge is 0.293 e. The molecule has 0 aromatic rings. The van der Waals surface area contributed by atoms with Gasteiger partial charge in [0.1, 0.15) is 0 Å². The molecule has 0 aromatic heterocycles. The third-order valence-corrected chi connectivity index (χ3v) is 1.30. The quantitative estimate of drug-likeness (QED) is 0.498. The highest BCUT2D eigenvalue weighted by atomic mass is 19.3. The first kappa shape index (κ1) is 11.9. The lowest BCUT2D eigenvalue weighted by Crippen LogP contribution is -2.36. The summed E-state index contributed by atoms with van der Waals surface area (Å²) < 4.78 is 47.6. The second-order valence-electron chi connectivity index (χ2n) is 2.27. The molecule has 0 atom stereocenters. The number of alkyl halides is 4. The van der Waals surface area contributed by atoms with Gasteiger partial charge < -0.3 is 0 Å². The average Bonchev–Trinajstić information content (AvgIpc) is 2.04. The summed E-state index contributed by atoms with van der Waals surface area (Å²) in [5.41, 5.74) is 0. The van der Waals surface area contributed by atoms with E-state index in [2.05, 4.69) is 11.8 Å². The first-order valence-corrected chi connectivity index (χ1v) is 3.51. The first-order chi connectivity index (χ1) is 5.92. The van der Waals surface area contributed by atoms with Crippen molar-refractivity contribution in [2.45, 2.75) is 32.1 Å². The topological polar surface area (TPSA) is 17.1 Å². The molecule has 0 saturated heterocycles. The van der Waals surface area contributed by atoms with Gasteiger partial charge in [0.15, 0.2) is 0 Å². The summed E-state index contributed by atoms with van der Waals surface area (Å²) in [5, 5.41) is 0. The van der Waals surface area contributed by atoms with E-state index in [4.69, 9.17) is 0 Å². The van der Waals surface area contributed by atoms with E-state index in [9.17, 15) is 22.4 Å². The van der Waals surface area contributed by atoms with Crippen LogP contribution < -0.4 is 0 Å². The van der Waals surface area contributed by atoms with Crippen molar-refractivity contribution in [3.05, 3.63) is 0 Å². The fraction of sp³-hybridized carbons (Fsp3) is 0.625. The van der Waals surface area contributed by atoms with E-state index in [1.54, 1.807) is 0 Å². The zero-order chi connectivity index (χ0) is 10.5. The minimum Gasteiger partial charge on any atom is -0.293 e. The van der Waals surface area contributed by atoms with Gasteiger partial charge in [0.25, 0.3) is 0 Å². The fourth-order valence-electron chi connectivity index (χ4n) is 0.589. The molecular formula is C8H8F4O. The van der Waals surface area contributed by atoms with Crippen LogP contribution in [0.5, 0.6) is 0 Å². The Bertz CT molecular complexity index is 236. The number of hydrogen-bond donors (Lipinski definition) is 0. The van der Waals surface area contributed by atoms with Gasteiger partial charge in [-0.25, -0.2) is 8.78 Å². The van der Waals surface area contributed by atoms with E-state index in [1.165, 1.54) is 6.92 Å². The van der Waals surface area contributed by atoms with Crippen molar-refractivity contribution >= 4 is 5.78 Å². The predicted molar refractivity (Wildman–Crippen MR) is 38.6 cm³/mol. The molecule has 0 radical (unpaired) electrons. The van der Waals surface area contributed by atoms with Gasteiger partial charge in [-0.1, -0.05) is 0 Å². The monoisotopic (exact) mass is 196 g/mol. The molecule has 0 spiro atoms. The molecular weight excluding hydrogens is 188 g/mol. The van der Waals surface area contributed by atoms with E-state index >= 15 is 0 Å². The standard InChI is InChI=1S/C8H8F4O/c1-2-3-4-5-6(13)8(11,12)7(9)10/h7H,4-5H2,1H3. The Morgan fingerprint density at radius 1 is 1.46 bits per heavy atom. The van der Waals surface area contributed by atoms with Crippen molar-refractivity contribution in [3.63, 3.8) is 0 Å². The van der Waals surface area contributed by atoms with Gasteiger partial charge in [-0.15, -0.1) is 11.8 Å². The molecule has 13 heavy (non-hydrogen) atoms. The number of rotatable bonds is 4. The van der Waals surface area contributed by atoms with Crippen molar-refractivity contribution in [2.75, 3.05) is 0 Å². The highest BCUT2D eigenvalue weighted by Gasteiger charge is 2.47. The third-order valence-electron chi connectivity index (χ3n) is 1.30. The van der Waals surface area contributed by atoms with Crippen LogP contribution in [0.3, 0.4) is 0 Å². The summed E-state index contributed by atoms with van der Waals surface area (Å²) in [6.07, 6.45) is -4.69. The molecule has 0 unspecified atom stereocenters. The number of halogens is 4. The van der Waals surface area contributed by atoms with Crippen LogP contribution in [0, 0.1) is 11.8 Å². The Morgan fingerprint density at radius 3 is 2.38 bits per heavy atom. The molecule has 5 heteroatoms. The van der Waals surface area contributed by atoms with E-state index in [0.717, 1.165) is 0 Å². The highest BCUT2D eigenvalue weighted by Crippen LogP contribution is 2.25. The van der Waals surface area contributed by atoms with Gasteiger partial charge in [-0.05, 0) is 6.92 Å². The zero-order valence-corrected chi connectivity index (χ0v) is 6.91. The first-order valence-electron chi connectivity index (χ1n) is 3.51. The van der Waals surface area contributed by atoms with Crippen molar-refractivity contribution in [3.8, 4) is 11.8 Å². The summed E-state index contributed by atoms with van der Waals surface area (Å²) in [6.45, 7) is 1.47. The predicted octanol–water partition coefficient (Wildman–Crippen LogP) is 2.26. The van der Waals surface area contributed by atoms with Crippen LogP contribution in [0.1, 0.15) is 19.8 Å². The lowest BCUT2D eigenvalue weighted by molar-refractivity contribution is -0.166. The summed E-state index contributed by atoms with van der Waals surface area (Å²) in [5.74, 6) is -1.58. The van der Waals surface area contributed by atoms with Gasteiger partial charge in [0.2, 0.25) is 5.78 Å². The Hall–Kier alpha value is -1.05. The summed E-state index contributed by atoms with van der Waals surface area (Å²) in [4.78, 5) is 10.5. The lowest BCUT2D eigenvalue weighted by Gasteiger charge is -2.12. The SMILES string of the molecule is CC#CCCC(=O)C(F)(F)C(F)F. The Morgan fingerprint density at radius 2 is 2.00 bits per heavy atom. The molecule has 0 amide bonds. The van der Waals surface area contributed by atoms with Crippen molar-refractivity contribution < 1.29 is 22.4 Å². The maximum atomic E-state index is 12.2. The highest BCUT2D eigenvalue weighted by molar-refractivity contribution is 5.86. The van der Waals surface area contributed by atoms with E-state index in [-0.39, 0.29) is 6.42 Å². The summed E-state index contributed by atoms with van der Waals surface area (Å²) in [7, 11) is 0. The van der Waals surface area contributed by atoms with Crippen LogP contribution in [0.4, 0.5) is 17.6 Å². The molecule has 0 heterocycles. The molecule has 0 N–H and O–H groups in total. The van der Waals surface area contributed by atoms with Gasteiger partial charge in [0, 0.05) is 12.8 Å².